The minimum absolute atomic E-state index is 0.233. The van der Waals surface area contributed by atoms with Crippen LogP contribution in [0.1, 0.15) is 51.0 Å². The Morgan fingerprint density at radius 2 is 1.59 bits per heavy atom. The van der Waals surface area contributed by atoms with E-state index in [1.807, 2.05) is 6.92 Å². The summed E-state index contributed by atoms with van der Waals surface area (Å²) in [5, 5.41) is 0. The van der Waals surface area contributed by atoms with E-state index >= 15 is 0 Å². The van der Waals surface area contributed by atoms with Crippen LogP contribution in [0, 0.1) is 0 Å². The molecule has 1 atom stereocenters. The van der Waals surface area contributed by atoms with Gasteiger partial charge in [-0.15, -0.1) is 0 Å². The quantitative estimate of drug-likeness (QED) is 0.354. The molecule has 1 aromatic carbocycles. The van der Waals surface area contributed by atoms with Gasteiger partial charge in [0.05, 0.1) is 0 Å². The van der Waals surface area contributed by atoms with Gasteiger partial charge in [-0.2, -0.15) is 8.78 Å². The average Bonchev–Trinajstić information content (AvgIpc) is 2.53. The summed E-state index contributed by atoms with van der Waals surface area (Å²) < 4.78 is 68.4. The fraction of sp³-hybridized carbons (Fsp3) is 0.529. The fourth-order valence-corrected chi connectivity index (χ4v) is 2.10. The zero-order valence-corrected chi connectivity index (χ0v) is 12.6. The van der Waals surface area contributed by atoms with Gasteiger partial charge in [-0.1, -0.05) is 69.4 Å². The van der Waals surface area contributed by atoms with Gasteiger partial charge in [0.25, 0.3) is 0 Å². The Hall–Kier alpha value is -1.39. The number of hydrogen-bond acceptors (Lipinski definition) is 0. The molecule has 1 rings (SSSR count). The zero-order valence-electron chi connectivity index (χ0n) is 12.6. The highest BCUT2D eigenvalue weighted by Gasteiger charge is 2.46. The first-order valence-electron chi connectivity index (χ1n) is 7.54. The van der Waals surface area contributed by atoms with Gasteiger partial charge in [0, 0.05) is 5.56 Å². The molecular formula is C17H21F5. The molecule has 0 fully saturated rings. The number of unbranched alkanes of at least 4 members (excludes halogenated alkanes) is 4. The van der Waals surface area contributed by atoms with Crippen molar-refractivity contribution in [3.63, 3.8) is 0 Å². The van der Waals surface area contributed by atoms with Gasteiger partial charge in [0.1, 0.15) is 0 Å². The predicted octanol–water partition coefficient (Wildman–Crippen LogP) is 6.63. The van der Waals surface area contributed by atoms with E-state index in [0.717, 1.165) is 31.4 Å². The largest absolute Gasteiger partial charge is 0.332 e. The van der Waals surface area contributed by atoms with Crippen LogP contribution in [0.15, 0.2) is 36.2 Å². The Balaban J connectivity index is 2.70. The standard InChI is InChI=1S/C17H21F5/c1-2-3-4-5-9-12-14(18)17(21,22)16(20)15(19)13-10-7-6-8-11-13/h6-8,10-11,14H,2-5,9,12H2,1H3. The number of benzene rings is 1. The van der Waals surface area contributed by atoms with E-state index in [0.29, 0.717) is 6.42 Å². The van der Waals surface area contributed by atoms with Gasteiger partial charge in [-0.05, 0) is 6.42 Å². The maximum atomic E-state index is 13.7. The van der Waals surface area contributed by atoms with Crippen molar-refractivity contribution in [1.82, 2.24) is 0 Å². The van der Waals surface area contributed by atoms with E-state index in [1.165, 1.54) is 12.1 Å². The molecule has 0 aromatic heterocycles. The van der Waals surface area contributed by atoms with Crippen molar-refractivity contribution >= 4 is 5.83 Å². The Morgan fingerprint density at radius 1 is 1.00 bits per heavy atom. The molecular weight excluding hydrogens is 299 g/mol. The molecule has 0 nitrogen and oxygen atoms in total. The second-order valence-corrected chi connectivity index (χ2v) is 5.29. The number of halogens is 5. The van der Waals surface area contributed by atoms with Crippen LogP contribution >= 0.6 is 0 Å². The minimum Gasteiger partial charge on any atom is -0.240 e. The summed E-state index contributed by atoms with van der Waals surface area (Å²) in [6.07, 6.45) is 0.397. The second-order valence-electron chi connectivity index (χ2n) is 5.29. The molecule has 0 aliphatic carbocycles. The van der Waals surface area contributed by atoms with Gasteiger partial charge in [0.2, 0.25) is 5.83 Å². The highest BCUT2D eigenvalue weighted by molar-refractivity contribution is 5.62. The molecule has 0 saturated heterocycles. The van der Waals surface area contributed by atoms with Crippen molar-refractivity contribution in [2.45, 2.75) is 57.5 Å². The Labute approximate surface area is 128 Å². The first-order valence-corrected chi connectivity index (χ1v) is 7.54. The molecule has 0 radical (unpaired) electrons. The molecule has 0 aliphatic heterocycles. The average molecular weight is 320 g/mol. The SMILES string of the molecule is CCCCCCCC(F)C(F)(F)C(F)=C(F)c1ccccc1. The monoisotopic (exact) mass is 320 g/mol. The molecule has 5 heteroatoms. The van der Waals surface area contributed by atoms with Crippen molar-refractivity contribution in [3.05, 3.63) is 41.7 Å². The first kappa shape index (κ1) is 18.7. The van der Waals surface area contributed by atoms with Crippen molar-refractivity contribution < 1.29 is 22.0 Å². The summed E-state index contributed by atoms with van der Waals surface area (Å²) in [7, 11) is 0. The normalized spacial score (nSPS) is 14.6. The van der Waals surface area contributed by atoms with Gasteiger partial charge in [0.15, 0.2) is 12.0 Å². The molecule has 124 valence electrons. The molecule has 1 aromatic rings. The summed E-state index contributed by atoms with van der Waals surface area (Å²) in [5.74, 6) is -8.48. The van der Waals surface area contributed by atoms with Crippen LogP contribution in [-0.2, 0) is 0 Å². The van der Waals surface area contributed by atoms with Crippen LogP contribution in [0.2, 0.25) is 0 Å². The third kappa shape index (κ3) is 5.11. The summed E-state index contributed by atoms with van der Waals surface area (Å²) in [4.78, 5) is 0. The Kier molecular flexibility index (Phi) is 7.56. The molecule has 0 aliphatic rings. The van der Waals surface area contributed by atoms with Gasteiger partial charge < -0.3 is 0 Å². The predicted molar refractivity (Wildman–Crippen MR) is 78.8 cm³/mol. The van der Waals surface area contributed by atoms with E-state index in [2.05, 4.69) is 0 Å². The van der Waals surface area contributed by atoms with Crippen molar-refractivity contribution in [3.8, 4) is 0 Å². The Bertz CT molecular complexity index is 467. The van der Waals surface area contributed by atoms with E-state index in [-0.39, 0.29) is 12.0 Å². The third-order valence-corrected chi connectivity index (χ3v) is 3.47. The third-order valence-electron chi connectivity index (χ3n) is 3.47. The lowest BCUT2D eigenvalue weighted by atomic mass is 10.0. The molecule has 0 N–H and O–H groups in total. The van der Waals surface area contributed by atoms with Crippen molar-refractivity contribution in [2.75, 3.05) is 0 Å². The lowest BCUT2D eigenvalue weighted by Gasteiger charge is -2.19. The van der Waals surface area contributed by atoms with E-state index in [9.17, 15) is 22.0 Å². The van der Waals surface area contributed by atoms with Crippen LogP contribution in [0.3, 0.4) is 0 Å². The maximum Gasteiger partial charge on any atom is 0.332 e. The van der Waals surface area contributed by atoms with Gasteiger partial charge >= 0.3 is 5.92 Å². The number of alkyl halides is 3. The summed E-state index contributed by atoms with van der Waals surface area (Å²) in [6, 6.07) is 6.63. The summed E-state index contributed by atoms with van der Waals surface area (Å²) in [5.41, 5.74) is -0.324. The molecule has 22 heavy (non-hydrogen) atoms. The van der Waals surface area contributed by atoms with Gasteiger partial charge in [-0.3, -0.25) is 0 Å². The number of rotatable bonds is 9. The van der Waals surface area contributed by atoms with Crippen molar-refractivity contribution in [2.24, 2.45) is 0 Å². The summed E-state index contributed by atoms with van der Waals surface area (Å²) >= 11 is 0. The molecule has 1 unspecified atom stereocenters. The Morgan fingerprint density at radius 3 is 2.18 bits per heavy atom. The van der Waals surface area contributed by atoms with Crippen LogP contribution in [0.25, 0.3) is 5.83 Å². The minimum atomic E-state index is -4.44. The lowest BCUT2D eigenvalue weighted by Crippen LogP contribution is -2.31. The second kappa shape index (κ2) is 8.91. The molecule has 0 bridgehead atoms. The molecule has 0 amide bonds. The fourth-order valence-electron chi connectivity index (χ4n) is 2.10. The topological polar surface area (TPSA) is 0 Å². The van der Waals surface area contributed by atoms with Gasteiger partial charge in [-0.25, -0.2) is 13.2 Å². The van der Waals surface area contributed by atoms with E-state index < -0.39 is 30.2 Å². The number of hydrogen-bond donors (Lipinski definition) is 0. The summed E-state index contributed by atoms with van der Waals surface area (Å²) in [6.45, 7) is 2.00. The van der Waals surface area contributed by atoms with Crippen LogP contribution in [0.5, 0.6) is 0 Å². The maximum absolute atomic E-state index is 13.7. The smallest absolute Gasteiger partial charge is 0.240 e. The van der Waals surface area contributed by atoms with Crippen LogP contribution in [0.4, 0.5) is 22.0 Å². The highest BCUT2D eigenvalue weighted by atomic mass is 19.3. The molecule has 0 saturated carbocycles. The van der Waals surface area contributed by atoms with Crippen LogP contribution < -0.4 is 0 Å². The highest BCUT2D eigenvalue weighted by Crippen LogP contribution is 2.38. The lowest BCUT2D eigenvalue weighted by molar-refractivity contribution is -0.0587. The zero-order chi connectivity index (χ0) is 16.6. The van der Waals surface area contributed by atoms with E-state index in [4.69, 9.17) is 0 Å². The van der Waals surface area contributed by atoms with Crippen LogP contribution in [-0.4, -0.2) is 12.1 Å². The van der Waals surface area contributed by atoms with E-state index in [1.54, 1.807) is 6.07 Å². The first-order chi connectivity index (χ1) is 10.4. The van der Waals surface area contributed by atoms with Crippen molar-refractivity contribution in [1.29, 1.82) is 0 Å². The molecule has 0 spiro atoms. The number of allylic oxidation sites excluding steroid dienone is 1. The molecule has 0 heterocycles.